The summed E-state index contributed by atoms with van der Waals surface area (Å²) in [5, 5.41) is 15.3. The molecular formula is C16H13FN4O4S. The molecule has 8 nitrogen and oxygen atoms in total. The molecule has 134 valence electrons. The second-order valence-electron chi connectivity index (χ2n) is 5.39. The molecule has 0 saturated carbocycles. The van der Waals surface area contributed by atoms with Crippen LogP contribution in [0.4, 0.5) is 15.9 Å². The largest absolute Gasteiger partial charge is 0.289 e. The first-order valence-electron chi connectivity index (χ1n) is 7.37. The number of benzene rings is 2. The molecule has 1 heterocycles. The van der Waals surface area contributed by atoms with Gasteiger partial charge in [-0.25, -0.2) is 17.5 Å². The maximum absolute atomic E-state index is 13.1. The van der Waals surface area contributed by atoms with Crippen LogP contribution in [0.1, 0.15) is 5.69 Å². The summed E-state index contributed by atoms with van der Waals surface area (Å²) < 4.78 is 42.0. The van der Waals surface area contributed by atoms with Crippen molar-refractivity contribution in [2.24, 2.45) is 0 Å². The summed E-state index contributed by atoms with van der Waals surface area (Å²) in [6.07, 6.45) is 0. The van der Waals surface area contributed by atoms with E-state index in [2.05, 4.69) is 9.82 Å². The Morgan fingerprint density at radius 3 is 2.46 bits per heavy atom. The topological polar surface area (TPSA) is 107 Å². The molecule has 26 heavy (non-hydrogen) atoms. The fourth-order valence-electron chi connectivity index (χ4n) is 2.38. The van der Waals surface area contributed by atoms with Gasteiger partial charge in [0.25, 0.3) is 15.7 Å². The number of rotatable bonds is 5. The molecule has 0 amide bonds. The van der Waals surface area contributed by atoms with E-state index in [9.17, 15) is 22.9 Å². The van der Waals surface area contributed by atoms with Crippen LogP contribution in [0.3, 0.4) is 0 Å². The minimum absolute atomic E-state index is 0.0762. The highest BCUT2D eigenvalue weighted by molar-refractivity contribution is 7.92. The van der Waals surface area contributed by atoms with Gasteiger partial charge in [-0.1, -0.05) is 12.1 Å². The molecule has 3 rings (SSSR count). The van der Waals surface area contributed by atoms with Crippen LogP contribution >= 0.6 is 0 Å². The van der Waals surface area contributed by atoms with Crippen molar-refractivity contribution in [3.63, 3.8) is 0 Å². The molecule has 1 N–H and O–H groups in total. The van der Waals surface area contributed by atoms with E-state index in [0.717, 1.165) is 12.1 Å². The van der Waals surface area contributed by atoms with Gasteiger partial charge >= 0.3 is 0 Å². The van der Waals surface area contributed by atoms with Crippen molar-refractivity contribution in [3.8, 4) is 5.69 Å². The van der Waals surface area contributed by atoms with E-state index >= 15 is 0 Å². The molecule has 2 aromatic carbocycles. The molecule has 0 spiro atoms. The number of aromatic nitrogens is 2. The third-order valence-electron chi connectivity index (χ3n) is 3.49. The molecule has 0 saturated heterocycles. The van der Waals surface area contributed by atoms with Gasteiger partial charge in [-0.15, -0.1) is 0 Å². The van der Waals surface area contributed by atoms with Crippen LogP contribution in [0.5, 0.6) is 0 Å². The van der Waals surface area contributed by atoms with Crippen LogP contribution < -0.4 is 4.72 Å². The minimum Gasteiger partial charge on any atom is -0.263 e. The molecular weight excluding hydrogens is 363 g/mol. The van der Waals surface area contributed by atoms with Crippen LogP contribution in [0, 0.1) is 22.9 Å². The van der Waals surface area contributed by atoms with Gasteiger partial charge in [0.2, 0.25) is 0 Å². The van der Waals surface area contributed by atoms with E-state index in [-0.39, 0.29) is 5.82 Å². The molecule has 0 atom stereocenters. The van der Waals surface area contributed by atoms with Gasteiger partial charge in [0.15, 0.2) is 4.90 Å². The summed E-state index contributed by atoms with van der Waals surface area (Å²) in [4.78, 5) is 9.88. The average Bonchev–Trinajstić information content (AvgIpc) is 2.95. The number of nitrogens with one attached hydrogen (secondary N) is 1. The Bertz CT molecular complexity index is 1080. The lowest BCUT2D eigenvalue weighted by atomic mass is 10.3. The maximum atomic E-state index is 13.1. The van der Waals surface area contributed by atoms with E-state index in [0.29, 0.717) is 11.4 Å². The quantitative estimate of drug-likeness (QED) is 0.544. The number of para-hydroxylation sites is 1. The minimum atomic E-state index is -4.24. The summed E-state index contributed by atoms with van der Waals surface area (Å²) in [5.74, 6) is -0.369. The first-order chi connectivity index (χ1) is 12.3. The second kappa shape index (κ2) is 6.56. The lowest BCUT2D eigenvalue weighted by Crippen LogP contribution is -2.17. The number of aryl methyl sites for hydroxylation is 1. The number of hydrogen-bond donors (Lipinski definition) is 1. The molecule has 0 unspecified atom stereocenters. The molecule has 1 aromatic heterocycles. The molecule has 0 aliphatic rings. The first-order valence-corrected chi connectivity index (χ1v) is 8.85. The Labute approximate surface area is 148 Å². The number of sulfonamides is 1. The van der Waals surface area contributed by atoms with Crippen molar-refractivity contribution in [1.29, 1.82) is 0 Å². The number of hydrogen-bond acceptors (Lipinski definition) is 5. The van der Waals surface area contributed by atoms with Gasteiger partial charge < -0.3 is 0 Å². The molecule has 0 radical (unpaired) electrons. The smallest absolute Gasteiger partial charge is 0.263 e. The van der Waals surface area contributed by atoms with Crippen LogP contribution in [0.25, 0.3) is 5.69 Å². The number of nitrogens with zero attached hydrogens (tertiary/aromatic N) is 3. The zero-order valence-electron chi connectivity index (χ0n) is 13.5. The Balaban J connectivity index is 2.04. The monoisotopic (exact) mass is 376 g/mol. The Kier molecular flexibility index (Phi) is 4.43. The molecule has 3 aromatic rings. The third kappa shape index (κ3) is 3.40. The van der Waals surface area contributed by atoms with E-state index in [1.54, 1.807) is 6.92 Å². The zero-order chi connectivity index (χ0) is 18.9. The van der Waals surface area contributed by atoms with Crippen molar-refractivity contribution in [2.45, 2.75) is 11.8 Å². The van der Waals surface area contributed by atoms with E-state index in [1.165, 1.54) is 47.1 Å². The maximum Gasteiger partial charge on any atom is 0.289 e. The average molecular weight is 376 g/mol. The second-order valence-corrected chi connectivity index (χ2v) is 7.04. The lowest BCUT2D eigenvalue weighted by Gasteiger charge is -2.11. The van der Waals surface area contributed by atoms with Crippen molar-refractivity contribution in [1.82, 2.24) is 9.78 Å². The number of halogens is 1. The fourth-order valence-corrected chi connectivity index (χ4v) is 3.59. The third-order valence-corrected chi connectivity index (χ3v) is 4.90. The standard InChI is InChI=1S/C16H13FN4O4S/c1-11-10-16(20(18-11)13-8-6-12(17)7-9-13)19-26(24,25)15-5-3-2-4-14(15)21(22)23/h2-10,19H,1H3. The Hall–Kier alpha value is -3.27. The Morgan fingerprint density at radius 2 is 1.81 bits per heavy atom. The summed E-state index contributed by atoms with van der Waals surface area (Å²) in [5.41, 5.74) is 0.402. The van der Waals surface area contributed by atoms with Gasteiger partial charge in [0, 0.05) is 12.1 Å². The highest BCUT2D eigenvalue weighted by atomic mass is 32.2. The number of nitro benzene ring substituents is 1. The fraction of sp³-hybridized carbons (Fsp3) is 0.0625. The van der Waals surface area contributed by atoms with E-state index in [4.69, 9.17) is 0 Å². The van der Waals surface area contributed by atoms with E-state index in [1.807, 2.05) is 0 Å². The van der Waals surface area contributed by atoms with Crippen molar-refractivity contribution in [2.75, 3.05) is 4.72 Å². The predicted octanol–water partition coefficient (Wildman–Crippen LogP) is 3.03. The zero-order valence-corrected chi connectivity index (χ0v) is 14.3. The van der Waals surface area contributed by atoms with Gasteiger partial charge in [-0.2, -0.15) is 5.10 Å². The van der Waals surface area contributed by atoms with Crippen molar-refractivity contribution in [3.05, 3.63) is 76.2 Å². The highest BCUT2D eigenvalue weighted by Crippen LogP contribution is 2.26. The molecule has 0 fully saturated rings. The van der Waals surface area contributed by atoms with Crippen LogP contribution in [0.15, 0.2) is 59.5 Å². The molecule has 0 bridgehead atoms. The van der Waals surface area contributed by atoms with Gasteiger partial charge in [-0.3, -0.25) is 14.8 Å². The van der Waals surface area contributed by atoms with Crippen LogP contribution in [0.2, 0.25) is 0 Å². The van der Waals surface area contributed by atoms with E-state index < -0.39 is 31.3 Å². The SMILES string of the molecule is Cc1cc(NS(=O)(=O)c2ccccc2[N+](=O)[O-])n(-c2ccc(F)cc2)n1. The van der Waals surface area contributed by atoms with Gasteiger partial charge in [0.05, 0.1) is 16.3 Å². The lowest BCUT2D eigenvalue weighted by molar-refractivity contribution is -0.387. The Morgan fingerprint density at radius 1 is 1.15 bits per heavy atom. The van der Waals surface area contributed by atoms with Crippen LogP contribution in [-0.4, -0.2) is 23.1 Å². The number of anilines is 1. The van der Waals surface area contributed by atoms with Gasteiger partial charge in [-0.05, 0) is 37.3 Å². The highest BCUT2D eigenvalue weighted by Gasteiger charge is 2.26. The van der Waals surface area contributed by atoms with Crippen molar-refractivity contribution >= 4 is 21.5 Å². The normalized spacial score (nSPS) is 11.3. The van der Waals surface area contributed by atoms with Gasteiger partial charge in [0.1, 0.15) is 11.6 Å². The summed E-state index contributed by atoms with van der Waals surface area (Å²) in [6, 6.07) is 11.8. The first kappa shape index (κ1) is 17.5. The summed E-state index contributed by atoms with van der Waals surface area (Å²) in [7, 11) is -4.24. The summed E-state index contributed by atoms with van der Waals surface area (Å²) >= 11 is 0. The molecule has 10 heteroatoms. The summed E-state index contributed by atoms with van der Waals surface area (Å²) in [6.45, 7) is 1.66. The van der Waals surface area contributed by atoms with Crippen LogP contribution in [-0.2, 0) is 10.0 Å². The molecule has 0 aliphatic heterocycles. The number of nitro groups is 1. The van der Waals surface area contributed by atoms with Crippen molar-refractivity contribution < 1.29 is 17.7 Å². The molecule has 0 aliphatic carbocycles. The predicted molar refractivity (Wildman–Crippen MR) is 92.2 cm³/mol.